The summed E-state index contributed by atoms with van der Waals surface area (Å²) in [5.41, 5.74) is 4.59. The molecule has 0 saturated heterocycles. The lowest BCUT2D eigenvalue weighted by Gasteiger charge is -2.02. The molecular formula is C14H15N5O2. The van der Waals surface area contributed by atoms with Crippen LogP contribution in [-0.2, 0) is 4.79 Å². The predicted octanol–water partition coefficient (Wildman–Crippen LogP) is 1.48. The molecule has 0 aliphatic carbocycles. The van der Waals surface area contributed by atoms with Gasteiger partial charge in [0.25, 0.3) is 5.56 Å². The Morgan fingerprint density at radius 3 is 2.67 bits per heavy atom. The van der Waals surface area contributed by atoms with Crippen molar-refractivity contribution in [1.29, 1.82) is 0 Å². The number of anilines is 2. The Hall–Kier alpha value is -2.96. The number of aromatic amines is 1. The van der Waals surface area contributed by atoms with E-state index in [-0.39, 0.29) is 17.4 Å². The molecule has 7 heteroatoms. The molecular weight excluding hydrogens is 270 g/mol. The standard InChI is InChI=1S/C14H15N5O2/c1-9-7-13(21)18-14(16-9)19-15-8-11-3-5-12(6-4-11)17-10(2)20/h3-8H,1-2H3,(H,17,20)(H2,16,18,19,21)/b15-8+. The lowest BCUT2D eigenvalue weighted by Crippen LogP contribution is -2.10. The minimum Gasteiger partial charge on any atom is -0.326 e. The van der Waals surface area contributed by atoms with Gasteiger partial charge in [-0.15, -0.1) is 0 Å². The fourth-order valence-electron chi connectivity index (χ4n) is 1.66. The quantitative estimate of drug-likeness (QED) is 0.585. The number of H-pyrrole nitrogens is 1. The normalized spacial score (nSPS) is 10.6. The van der Waals surface area contributed by atoms with Crippen LogP contribution in [-0.4, -0.2) is 22.1 Å². The van der Waals surface area contributed by atoms with E-state index in [1.807, 2.05) is 12.1 Å². The Balaban J connectivity index is 2.00. The van der Waals surface area contributed by atoms with Crippen molar-refractivity contribution in [2.45, 2.75) is 13.8 Å². The van der Waals surface area contributed by atoms with E-state index in [1.54, 1.807) is 25.3 Å². The van der Waals surface area contributed by atoms with Crippen LogP contribution in [0.25, 0.3) is 0 Å². The maximum atomic E-state index is 11.2. The maximum absolute atomic E-state index is 11.2. The van der Waals surface area contributed by atoms with Crippen LogP contribution in [0.4, 0.5) is 11.6 Å². The van der Waals surface area contributed by atoms with Crippen molar-refractivity contribution in [2.75, 3.05) is 10.7 Å². The highest BCUT2D eigenvalue weighted by molar-refractivity contribution is 5.89. The molecule has 108 valence electrons. The second kappa shape index (κ2) is 6.47. The van der Waals surface area contributed by atoms with Gasteiger partial charge in [-0.1, -0.05) is 12.1 Å². The van der Waals surface area contributed by atoms with E-state index < -0.39 is 0 Å². The van der Waals surface area contributed by atoms with Gasteiger partial charge in [-0.3, -0.25) is 14.6 Å². The monoisotopic (exact) mass is 285 g/mol. The number of rotatable bonds is 4. The molecule has 0 aliphatic heterocycles. The minimum absolute atomic E-state index is 0.118. The number of nitrogens with one attached hydrogen (secondary N) is 3. The molecule has 2 aromatic rings. The first-order valence-electron chi connectivity index (χ1n) is 6.27. The number of carbonyl (C=O) groups excluding carboxylic acids is 1. The SMILES string of the molecule is CC(=O)Nc1ccc(/C=N/Nc2nc(C)cc(=O)[nH]2)cc1. The van der Waals surface area contributed by atoms with E-state index in [0.29, 0.717) is 5.69 Å². The molecule has 0 unspecified atom stereocenters. The topological polar surface area (TPSA) is 99.2 Å². The molecule has 0 atom stereocenters. The molecule has 7 nitrogen and oxygen atoms in total. The van der Waals surface area contributed by atoms with Gasteiger partial charge in [0.2, 0.25) is 11.9 Å². The molecule has 0 aliphatic rings. The second-order valence-corrected chi connectivity index (χ2v) is 4.41. The third-order valence-electron chi connectivity index (χ3n) is 2.48. The van der Waals surface area contributed by atoms with Gasteiger partial charge in [0.1, 0.15) is 0 Å². The molecule has 1 aromatic carbocycles. The zero-order valence-corrected chi connectivity index (χ0v) is 11.7. The maximum Gasteiger partial charge on any atom is 0.252 e. The molecule has 21 heavy (non-hydrogen) atoms. The lowest BCUT2D eigenvalue weighted by atomic mass is 10.2. The Morgan fingerprint density at radius 2 is 2.05 bits per heavy atom. The number of amides is 1. The molecule has 2 rings (SSSR count). The third-order valence-corrected chi connectivity index (χ3v) is 2.48. The number of aromatic nitrogens is 2. The summed E-state index contributed by atoms with van der Waals surface area (Å²) in [6, 6.07) is 8.56. The molecule has 1 heterocycles. The fourth-order valence-corrected chi connectivity index (χ4v) is 1.66. The Labute approximate surface area is 121 Å². The average molecular weight is 285 g/mol. The van der Waals surface area contributed by atoms with Gasteiger partial charge in [0.15, 0.2) is 0 Å². The average Bonchev–Trinajstić information content (AvgIpc) is 2.39. The van der Waals surface area contributed by atoms with Gasteiger partial charge < -0.3 is 5.32 Å². The van der Waals surface area contributed by atoms with Crippen LogP contribution in [0, 0.1) is 6.92 Å². The number of hydrazone groups is 1. The molecule has 1 aromatic heterocycles. The zero-order valence-electron chi connectivity index (χ0n) is 11.7. The van der Waals surface area contributed by atoms with Crippen LogP contribution in [0.2, 0.25) is 0 Å². The molecule has 3 N–H and O–H groups in total. The summed E-state index contributed by atoms with van der Waals surface area (Å²) in [5.74, 6) is 0.165. The summed E-state index contributed by atoms with van der Waals surface area (Å²) >= 11 is 0. The predicted molar refractivity (Wildman–Crippen MR) is 81.6 cm³/mol. The minimum atomic E-state index is -0.236. The number of nitrogens with zero attached hydrogens (tertiary/aromatic N) is 2. The van der Waals surface area contributed by atoms with Crippen molar-refractivity contribution in [3.63, 3.8) is 0 Å². The summed E-state index contributed by atoms with van der Waals surface area (Å²) in [5, 5.41) is 6.67. The van der Waals surface area contributed by atoms with Crippen LogP contribution in [0.15, 0.2) is 40.2 Å². The van der Waals surface area contributed by atoms with Crippen molar-refractivity contribution < 1.29 is 4.79 Å². The first-order valence-corrected chi connectivity index (χ1v) is 6.27. The first kappa shape index (κ1) is 14.4. The van der Waals surface area contributed by atoms with Crippen molar-refractivity contribution >= 4 is 23.8 Å². The van der Waals surface area contributed by atoms with Crippen molar-refractivity contribution in [3.05, 3.63) is 51.9 Å². The smallest absolute Gasteiger partial charge is 0.252 e. The number of benzene rings is 1. The molecule has 0 radical (unpaired) electrons. The van der Waals surface area contributed by atoms with Gasteiger partial charge in [-0.2, -0.15) is 5.10 Å². The number of hydrogen-bond donors (Lipinski definition) is 3. The van der Waals surface area contributed by atoms with E-state index in [9.17, 15) is 9.59 Å². The summed E-state index contributed by atoms with van der Waals surface area (Å²) in [6.07, 6.45) is 1.58. The van der Waals surface area contributed by atoms with E-state index in [0.717, 1.165) is 11.3 Å². The highest BCUT2D eigenvalue weighted by Crippen LogP contribution is 2.08. The van der Waals surface area contributed by atoms with Gasteiger partial charge in [-0.05, 0) is 24.6 Å². The Morgan fingerprint density at radius 1 is 1.33 bits per heavy atom. The van der Waals surface area contributed by atoms with Gasteiger partial charge in [-0.25, -0.2) is 10.4 Å². The number of aryl methyl sites for hydroxylation is 1. The molecule has 0 bridgehead atoms. The highest BCUT2D eigenvalue weighted by Gasteiger charge is 1.96. The Kier molecular flexibility index (Phi) is 4.45. The van der Waals surface area contributed by atoms with Crippen molar-refractivity contribution in [1.82, 2.24) is 9.97 Å². The summed E-state index contributed by atoms with van der Waals surface area (Å²) < 4.78 is 0. The molecule has 0 saturated carbocycles. The van der Waals surface area contributed by atoms with E-state index in [1.165, 1.54) is 13.0 Å². The molecule has 1 amide bonds. The largest absolute Gasteiger partial charge is 0.326 e. The summed E-state index contributed by atoms with van der Waals surface area (Å²) in [4.78, 5) is 28.8. The van der Waals surface area contributed by atoms with Gasteiger partial charge >= 0.3 is 0 Å². The number of carbonyl (C=O) groups is 1. The molecule has 0 spiro atoms. The highest BCUT2D eigenvalue weighted by atomic mass is 16.1. The van der Waals surface area contributed by atoms with E-state index in [4.69, 9.17) is 0 Å². The third kappa shape index (κ3) is 4.57. The molecule has 0 fully saturated rings. The summed E-state index contributed by atoms with van der Waals surface area (Å²) in [7, 11) is 0. The van der Waals surface area contributed by atoms with Crippen molar-refractivity contribution in [2.24, 2.45) is 5.10 Å². The number of hydrogen-bond acceptors (Lipinski definition) is 5. The van der Waals surface area contributed by atoms with Crippen LogP contribution in [0.3, 0.4) is 0 Å². The first-order chi connectivity index (χ1) is 10.0. The van der Waals surface area contributed by atoms with Gasteiger partial charge in [0.05, 0.1) is 6.21 Å². The van der Waals surface area contributed by atoms with Crippen LogP contribution in [0.5, 0.6) is 0 Å². The van der Waals surface area contributed by atoms with E-state index in [2.05, 4.69) is 25.8 Å². The fraction of sp³-hybridized carbons (Fsp3) is 0.143. The van der Waals surface area contributed by atoms with E-state index >= 15 is 0 Å². The summed E-state index contributed by atoms with van der Waals surface area (Å²) in [6.45, 7) is 3.18. The van der Waals surface area contributed by atoms with Crippen molar-refractivity contribution in [3.8, 4) is 0 Å². The van der Waals surface area contributed by atoms with Crippen LogP contribution >= 0.6 is 0 Å². The lowest BCUT2D eigenvalue weighted by molar-refractivity contribution is -0.114. The zero-order chi connectivity index (χ0) is 15.2. The second-order valence-electron chi connectivity index (χ2n) is 4.41. The Bertz CT molecular complexity index is 719. The van der Waals surface area contributed by atoms with Gasteiger partial charge in [0, 0.05) is 24.4 Å². The van der Waals surface area contributed by atoms with Crippen LogP contribution in [0.1, 0.15) is 18.2 Å². The van der Waals surface area contributed by atoms with Crippen LogP contribution < -0.4 is 16.3 Å².